The quantitative estimate of drug-likeness (QED) is 0.764. The Kier molecular flexibility index (Phi) is 5.69. The summed E-state index contributed by atoms with van der Waals surface area (Å²) in [6.07, 6.45) is 0. The van der Waals surface area contributed by atoms with Crippen molar-refractivity contribution in [3.63, 3.8) is 0 Å². The van der Waals surface area contributed by atoms with E-state index in [1.807, 2.05) is 0 Å². The van der Waals surface area contributed by atoms with Gasteiger partial charge in [0.25, 0.3) is 5.91 Å². The fraction of sp³-hybridized carbons (Fsp3) is 0.286. The minimum atomic E-state index is -0.530. The number of hydrogen-bond acceptors (Lipinski definition) is 3. The van der Waals surface area contributed by atoms with Gasteiger partial charge in [-0.2, -0.15) is 0 Å². The lowest BCUT2D eigenvalue weighted by atomic mass is 10.1. The van der Waals surface area contributed by atoms with Gasteiger partial charge in [0.05, 0.1) is 12.1 Å². The first-order chi connectivity index (χ1) is 9.49. The number of aliphatic hydroxyl groups is 1. The Hall–Kier alpha value is -2.39. The van der Waals surface area contributed by atoms with Gasteiger partial charge < -0.3 is 15.3 Å². The van der Waals surface area contributed by atoms with E-state index in [9.17, 15) is 14.0 Å². The molecule has 0 radical (unpaired) electrons. The summed E-state index contributed by atoms with van der Waals surface area (Å²) in [6.45, 7) is -0.502. The molecule has 0 aliphatic heterocycles. The van der Waals surface area contributed by atoms with E-state index in [1.165, 1.54) is 25.1 Å². The van der Waals surface area contributed by atoms with Crippen LogP contribution in [-0.4, -0.2) is 49.1 Å². The van der Waals surface area contributed by atoms with Gasteiger partial charge >= 0.3 is 0 Å². The van der Waals surface area contributed by atoms with Crippen molar-refractivity contribution in [1.82, 2.24) is 10.2 Å². The van der Waals surface area contributed by atoms with Crippen LogP contribution >= 0.6 is 0 Å². The minimum absolute atomic E-state index is 0.112. The van der Waals surface area contributed by atoms with E-state index in [1.54, 1.807) is 0 Å². The highest BCUT2D eigenvalue weighted by atomic mass is 19.1. The second kappa shape index (κ2) is 7.26. The zero-order valence-corrected chi connectivity index (χ0v) is 11.2. The van der Waals surface area contributed by atoms with Gasteiger partial charge in [0.15, 0.2) is 0 Å². The Labute approximate surface area is 116 Å². The maximum absolute atomic E-state index is 13.2. The molecular formula is C14H15FN2O3. The third-order valence-electron chi connectivity index (χ3n) is 2.52. The molecule has 0 saturated heterocycles. The third-order valence-corrected chi connectivity index (χ3v) is 2.52. The van der Waals surface area contributed by atoms with Gasteiger partial charge in [-0.25, -0.2) is 4.39 Å². The molecule has 0 heterocycles. The highest BCUT2D eigenvalue weighted by Gasteiger charge is 2.17. The second-order valence-electron chi connectivity index (χ2n) is 3.98. The standard InChI is InChI=1S/C14H15FN2O3/c1-16-13(19)9-17(2)14(20)12-6-5-11(15)8-10(12)4-3-7-18/h5-6,8,18H,7,9H2,1-2H3,(H,16,19). The van der Waals surface area contributed by atoms with E-state index < -0.39 is 18.3 Å². The van der Waals surface area contributed by atoms with E-state index in [-0.39, 0.29) is 23.6 Å². The number of aliphatic hydroxyl groups excluding tert-OH is 1. The summed E-state index contributed by atoms with van der Waals surface area (Å²) in [6, 6.07) is 3.56. The molecule has 1 rings (SSSR count). The Bertz CT molecular complexity index is 576. The maximum Gasteiger partial charge on any atom is 0.255 e. The SMILES string of the molecule is CNC(=O)CN(C)C(=O)c1ccc(F)cc1C#CCO. The molecule has 0 unspecified atom stereocenters. The zero-order valence-electron chi connectivity index (χ0n) is 11.2. The van der Waals surface area contributed by atoms with Crippen LogP contribution in [0.15, 0.2) is 18.2 Å². The summed E-state index contributed by atoms with van der Waals surface area (Å²) in [7, 11) is 2.93. The van der Waals surface area contributed by atoms with Gasteiger partial charge in [-0.15, -0.1) is 0 Å². The lowest BCUT2D eigenvalue weighted by Crippen LogP contribution is -2.37. The van der Waals surface area contributed by atoms with Gasteiger partial charge in [0, 0.05) is 19.7 Å². The summed E-state index contributed by atoms with van der Waals surface area (Å²) in [5.74, 6) is 3.59. The molecule has 1 aromatic rings. The molecule has 0 aromatic heterocycles. The van der Waals surface area contributed by atoms with E-state index in [0.717, 1.165) is 12.1 Å². The number of likely N-dealkylation sites (N-methyl/N-ethyl adjacent to an activating group) is 2. The molecule has 0 bridgehead atoms. The van der Waals surface area contributed by atoms with Crippen molar-refractivity contribution < 1.29 is 19.1 Å². The fourth-order valence-corrected chi connectivity index (χ4v) is 1.51. The molecule has 20 heavy (non-hydrogen) atoms. The number of halogens is 1. The number of hydrogen-bond donors (Lipinski definition) is 2. The van der Waals surface area contributed by atoms with Crippen LogP contribution in [0.3, 0.4) is 0 Å². The molecule has 2 N–H and O–H groups in total. The van der Waals surface area contributed by atoms with Crippen LogP contribution in [0.25, 0.3) is 0 Å². The summed E-state index contributed by atoms with van der Waals surface area (Å²) >= 11 is 0. The van der Waals surface area contributed by atoms with Gasteiger partial charge in [0.1, 0.15) is 12.4 Å². The van der Waals surface area contributed by atoms with Crippen molar-refractivity contribution in [1.29, 1.82) is 0 Å². The molecule has 2 amide bonds. The lowest BCUT2D eigenvalue weighted by molar-refractivity contribution is -0.121. The van der Waals surface area contributed by atoms with Crippen molar-refractivity contribution in [2.24, 2.45) is 0 Å². The van der Waals surface area contributed by atoms with Crippen molar-refractivity contribution in [3.05, 3.63) is 35.1 Å². The second-order valence-corrected chi connectivity index (χ2v) is 3.98. The molecule has 0 aliphatic rings. The van der Waals surface area contributed by atoms with Crippen LogP contribution in [0.1, 0.15) is 15.9 Å². The molecule has 0 aliphatic carbocycles. The Morgan fingerprint density at radius 1 is 1.45 bits per heavy atom. The van der Waals surface area contributed by atoms with Crippen LogP contribution < -0.4 is 5.32 Å². The summed E-state index contributed by atoms with van der Waals surface area (Å²) in [4.78, 5) is 24.6. The van der Waals surface area contributed by atoms with E-state index in [4.69, 9.17) is 5.11 Å². The Balaban J connectivity index is 3.05. The topological polar surface area (TPSA) is 69.6 Å². The van der Waals surface area contributed by atoms with Gasteiger partial charge in [0.2, 0.25) is 5.91 Å². The summed E-state index contributed by atoms with van der Waals surface area (Å²) in [5.41, 5.74) is 0.353. The molecule has 0 fully saturated rings. The maximum atomic E-state index is 13.2. The van der Waals surface area contributed by atoms with E-state index >= 15 is 0 Å². The fourth-order valence-electron chi connectivity index (χ4n) is 1.51. The average molecular weight is 278 g/mol. The van der Waals surface area contributed by atoms with Crippen molar-refractivity contribution in [2.75, 3.05) is 27.2 Å². The predicted molar refractivity (Wildman–Crippen MR) is 71.4 cm³/mol. The Morgan fingerprint density at radius 2 is 2.15 bits per heavy atom. The first-order valence-corrected chi connectivity index (χ1v) is 5.85. The van der Waals surface area contributed by atoms with Crippen LogP contribution in [0, 0.1) is 17.7 Å². The van der Waals surface area contributed by atoms with Crippen LogP contribution in [-0.2, 0) is 4.79 Å². The number of nitrogens with zero attached hydrogens (tertiary/aromatic N) is 1. The molecule has 0 saturated carbocycles. The number of benzene rings is 1. The highest BCUT2D eigenvalue weighted by molar-refractivity contribution is 5.98. The number of carbonyl (C=O) groups excluding carboxylic acids is 2. The predicted octanol–water partition coefficient (Wildman–Crippen LogP) is -0.0125. The number of amides is 2. The molecule has 0 atom stereocenters. The number of nitrogens with one attached hydrogen (secondary N) is 1. The first kappa shape index (κ1) is 15.7. The average Bonchev–Trinajstić information content (AvgIpc) is 2.44. The summed E-state index contributed by atoms with van der Waals surface area (Å²) in [5, 5.41) is 11.1. The van der Waals surface area contributed by atoms with Crippen molar-refractivity contribution >= 4 is 11.8 Å². The first-order valence-electron chi connectivity index (χ1n) is 5.85. The molecule has 1 aromatic carbocycles. The van der Waals surface area contributed by atoms with Gasteiger partial charge in [-0.1, -0.05) is 11.8 Å². The molecule has 0 spiro atoms. The molecule has 106 valence electrons. The van der Waals surface area contributed by atoms with Crippen molar-refractivity contribution in [3.8, 4) is 11.8 Å². The van der Waals surface area contributed by atoms with Gasteiger partial charge in [-0.05, 0) is 18.2 Å². The smallest absolute Gasteiger partial charge is 0.255 e. The summed E-state index contributed by atoms with van der Waals surface area (Å²) < 4.78 is 13.2. The Morgan fingerprint density at radius 3 is 2.75 bits per heavy atom. The normalized spacial score (nSPS) is 9.40. The zero-order chi connectivity index (χ0) is 15.1. The largest absolute Gasteiger partial charge is 0.384 e. The van der Waals surface area contributed by atoms with E-state index in [0.29, 0.717) is 0 Å². The van der Waals surface area contributed by atoms with E-state index in [2.05, 4.69) is 17.2 Å². The highest BCUT2D eigenvalue weighted by Crippen LogP contribution is 2.12. The molecular weight excluding hydrogens is 263 g/mol. The van der Waals surface area contributed by atoms with Crippen LogP contribution in [0.4, 0.5) is 4.39 Å². The molecule has 5 nitrogen and oxygen atoms in total. The monoisotopic (exact) mass is 278 g/mol. The number of carbonyl (C=O) groups is 2. The minimum Gasteiger partial charge on any atom is -0.384 e. The number of rotatable bonds is 3. The third kappa shape index (κ3) is 4.07. The lowest BCUT2D eigenvalue weighted by Gasteiger charge is -2.17. The van der Waals surface area contributed by atoms with Gasteiger partial charge in [-0.3, -0.25) is 9.59 Å². The van der Waals surface area contributed by atoms with Crippen LogP contribution in [0.5, 0.6) is 0 Å². The van der Waals surface area contributed by atoms with Crippen LogP contribution in [0.2, 0.25) is 0 Å². The molecule has 6 heteroatoms. The van der Waals surface area contributed by atoms with Crippen molar-refractivity contribution in [2.45, 2.75) is 0 Å².